The number of amides is 1. The lowest BCUT2D eigenvalue weighted by molar-refractivity contribution is -0.127. The molecule has 1 aromatic heterocycles. The summed E-state index contributed by atoms with van der Waals surface area (Å²) in [6, 6.07) is 8.57. The van der Waals surface area contributed by atoms with Crippen LogP contribution in [0.5, 0.6) is 11.5 Å². The smallest absolute Gasteiger partial charge is 0.261 e. The molecule has 0 saturated carbocycles. The second-order valence-electron chi connectivity index (χ2n) is 4.46. The van der Waals surface area contributed by atoms with Crippen LogP contribution in [0.1, 0.15) is 12.7 Å². The van der Waals surface area contributed by atoms with Crippen LogP contribution in [0.4, 0.5) is 5.69 Å². The van der Waals surface area contributed by atoms with Gasteiger partial charge >= 0.3 is 0 Å². The first-order chi connectivity index (χ1) is 10.1. The van der Waals surface area contributed by atoms with Crippen LogP contribution in [0.25, 0.3) is 0 Å². The molecule has 6 heteroatoms. The molecule has 0 aliphatic heterocycles. The minimum Gasteiger partial charge on any atom is -0.495 e. The number of nitrogen functional groups attached to an aromatic ring is 1. The van der Waals surface area contributed by atoms with E-state index >= 15 is 0 Å². The van der Waals surface area contributed by atoms with E-state index in [0.717, 1.165) is 0 Å². The van der Waals surface area contributed by atoms with Crippen molar-refractivity contribution in [2.24, 2.45) is 0 Å². The van der Waals surface area contributed by atoms with Gasteiger partial charge in [0.05, 0.1) is 25.6 Å². The highest BCUT2D eigenvalue weighted by molar-refractivity contribution is 5.80. The number of nitrogens with two attached hydrogens (primary N) is 1. The lowest BCUT2D eigenvalue weighted by atomic mass is 10.2. The van der Waals surface area contributed by atoms with Crippen molar-refractivity contribution in [1.82, 2.24) is 5.32 Å². The summed E-state index contributed by atoms with van der Waals surface area (Å²) in [7, 11) is 1.54. The van der Waals surface area contributed by atoms with Gasteiger partial charge in [0.25, 0.3) is 5.91 Å². The molecule has 0 saturated heterocycles. The summed E-state index contributed by atoms with van der Waals surface area (Å²) in [6.07, 6.45) is 0.911. The lowest BCUT2D eigenvalue weighted by Gasteiger charge is -2.15. The van der Waals surface area contributed by atoms with Crippen molar-refractivity contribution < 1.29 is 18.7 Å². The largest absolute Gasteiger partial charge is 0.495 e. The number of hydrogen-bond donors (Lipinski definition) is 2. The summed E-state index contributed by atoms with van der Waals surface area (Å²) in [6.45, 7) is 1.99. The first-order valence-corrected chi connectivity index (χ1v) is 6.50. The van der Waals surface area contributed by atoms with Crippen LogP contribution < -0.4 is 20.5 Å². The maximum absolute atomic E-state index is 11.9. The zero-order chi connectivity index (χ0) is 15.2. The molecular weight excluding hydrogens is 272 g/mol. The predicted octanol–water partition coefficient (Wildman–Crippen LogP) is 1.95. The average Bonchev–Trinajstić information content (AvgIpc) is 2.98. The highest BCUT2D eigenvalue weighted by atomic mass is 16.5. The Bertz CT molecular complexity index is 596. The second kappa shape index (κ2) is 6.69. The van der Waals surface area contributed by atoms with Gasteiger partial charge in [0.15, 0.2) is 6.10 Å². The van der Waals surface area contributed by atoms with Gasteiger partial charge in [-0.1, -0.05) is 0 Å². The summed E-state index contributed by atoms with van der Waals surface area (Å²) < 4.78 is 15.7. The number of ether oxygens (including phenoxy) is 2. The van der Waals surface area contributed by atoms with Crippen molar-refractivity contribution in [3.8, 4) is 11.5 Å². The first kappa shape index (κ1) is 14.8. The van der Waals surface area contributed by atoms with E-state index in [-0.39, 0.29) is 5.91 Å². The molecule has 1 heterocycles. The number of carbonyl (C=O) groups is 1. The highest BCUT2D eigenvalue weighted by Gasteiger charge is 2.15. The monoisotopic (exact) mass is 290 g/mol. The van der Waals surface area contributed by atoms with Crippen molar-refractivity contribution in [3.63, 3.8) is 0 Å². The van der Waals surface area contributed by atoms with E-state index in [1.54, 1.807) is 43.5 Å². The third kappa shape index (κ3) is 3.92. The quantitative estimate of drug-likeness (QED) is 0.794. The Labute approximate surface area is 122 Å². The van der Waals surface area contributed by atoms with Crippen LogP contribution >= 0.6 is 0 Å². The van der Waals surface area contributed by atoms with E-state index in [1.165, 1.54) is 7.11 Å². The maximum Gasteiger partial charge on any atom is 0.261 e. The molecule has 3 N–H and O–H groups in total. The first-order valence-electron chi connectivity index (χ1n) is 6.50. The molecule has 1 amide bonds. The Morgan fingerprint density at radius 2 is 2.24 bits per heavy atom. The molecule has 2 rings (SSSR count). The molecule has 0 spiro atoms. The van der Waals surface area contributed by atoms with E-state index < -0.39 is 6.10 Å². The normalized spacial score (nSPS) is 11.7. The van der Waals surface area contributed by atoms with Crippen LogP contribution in [0.2, 0.25) is 0 Å². The Morgan fingerprint density at radius 1 is 1.43 bits per heavy atom. The van der Waals surface area contributed by atoms with Crippen molar-refractivity contribution in [2.75, 3.05) is 12.8 Å². The zero-order valence-corrected chi connectivity index (χ0v) is 12.0. The topological polar surface area (TPSA) is 86.7 Å². The van der Waals surface area contributed by atoms with Gasteiger partial charge in [-0.05, 0) is 31.2 Å². The third-order valence-electron chi connectivity index (χ3n) is 2.90. The number of hydrogen-bond acceptors (Lipinski definition) is 5. The summed E-state index contributed by atoms with van der Waals surface area (Å²) >= 11 is 0. The fraction of sp³-hybridized carbons (Fsp3) is 0.267. The Morgan fingerprint density at radius 3 is 2.86 bits per heavy atom. The van der Waals surface area contributed by atoms with Crippen molar-refractivity contribution >= 4 is 11.6 Å². The zero-order valence-electron chi connectivity index (χ0n) is 12.0. The summed E-state index contributed by atoms with van der Waals surface area (Å²) in [5, 5.41) is 2.73. The van der Waals surface area contributed by atoms with Crippen LogP contribution in [0, 0.1) is 0 Å². The van der Waals surface area contributed by atoms with Crippen LogP contribution in [-0.4, -0.2) is 19.1 Å². The number of carbonyl (C=O) groups excluding carboxylic acids is 1. The third-order valence-corrected chi connectivity index (χ3v) is 2.90. The number of anilines is 1. The molecular formula is C15H18N2O4. The molecule has 21 heavy (non-hydrogen) atoms. The van der Waals surface area contributed by atoms with E-state index in [2.05, 4.69) is 5.32 Å². The van der Waals surface area contributed by atoms with Crippen LogP contribution in [0.3, 0.4) is 0 Å². The van der Waals surface area contributed by atoms with Gasteiger partial charge in [0.1, 0.15) is 17.3 Å². The molecule has 2 aromatic rings. The standard InChI is InChI=1S/C15H18N2O4/c1-10(15(18)17-9-12-4-3-7-20-12)21-11-5-6-14(19-2)13(16)8-11/h3-8,10H,9,16H2,1-2H3,(H,17,18). The minimum atomic E-state index is -0.646. The second-order valence-corrected chi connectivity index (χ2v) is 4.46. The van der Waals surface area contributed by atoms with Crippen LogP contribution in [-0.2, 0) is 11.3 Å². The van der Waals surface area contributed by atoms with Gasteiger partial charge in [-0.25, -0.2) is 0 Å². The van der Waals surface area contributed by atoms with Crippen molar-refractivity contribution in [3.05, 3.63) is 42.4 Å². The van der Waals surface area contributed by atoms with E-state index in [4.69, 9.17) is 19.6 Å². The van der Waals surface area contributed by atoms with Crippen LogP contribution in [0.15, 0.2) is 41.0 Å². The molecule has 0 fully saturated rings. The summed E-state index contributed by atoms with van der Waals surface area (Å²) in [5.41, 5.74) is 6.25. The van der Waals surface area contributed by atoms with Gasteiger partial charge in [0, 0.05) is 6.07 Å². The number of rotatable bonds is 6. The molecule has 6 nitrogen and oxygen atoms in total. The molecule has 0 bridgehead atoms. The van der Waals surface area contributed by atoms with Gasteiger partial charge in [-0.3, -0.25) is 4.79 Å². The molecule has 1 atom stereocenters. The number of furan rings is 1. The highest BCUT2D eigenvalue weighted by Crippen LogP contribution is 2.26. The van der Waals surface area contributed by atoms with E-state index in [0.29, 0.717) is 29.5 Å². The molecule has 112 valence electrons. The maximum atomic E-state index is 11.9. The van der Waals surface area contributed by atoms with Gasteiger partial charge in [0.2, 0.25) is 0 Å². The van der Waals surface area contributed by atoms with Gasteiger partial charge in [-0.2, -0.15) is 0 Å². The predicted molar refractivity (Wildman–Crippen MR) is 78.1 cm³/mol. The fourth-order valence-corrected chi connectivity index (χ4v) is 1.77. The van der Waals surface area contributed by atoms with E-state index in [9.17, 15) is 4.79 Å². The number of benzene rings is 1. The SMILES string of the molecule is COc1ccc(OC(C)C(=O)NCc2ccco2)cc1N. The lowest BCUT2D eigenvalue weighted by Crippen LogP contribution is -2.35. The van der Waals surface area contributed by atoms with Crippen molar-refractivity contribution in [2.45, 2.75) is 19.6 Å². The molecule has 0 radical (unpaired) electrons. The minimum absolute atomic E-state index is 0.235. The number of nitrogens with one attached hydrogen (secondary N) is 1. The summed E-state index contributed by atoms with van der Waals surface area (Å²) in [4.78, 5) is 11.9. The van der Waals surface area contributed by atoms with Crippen molar-refractivity contribution in [1.29, 1.82) is 0 Å². The number of methoxy groups -OCH3 is 1. The van der Waals surface area contributed by atoms with E-state index in [1.807, 2.05) is 0 Å². The van der Waals surface area contributed by atoms with Gasteiger partial charge < -0.3 is 24.9 Å². The average molecular weight is 290 g/mol. The fourth-order valence-electron chi connectivity index (χ4n) is 1.77. The Hall–Kier alpha value is -2.63. The summed E-state index contributed by atoms with van der Waals surface area (Å²) in [5.74, 6) is 1.52. The molecule has 1 unspecified atom stereocenters. The Balaban J connectivity index is 1.89. The molecule has 0 aliphatic carbocycles. The Kier molecular flexibility index (Phi) is 4.71. The molecule has 1 aromatic carbocycles. The van der Waals surface area contributed by atoms with Gasteiger partial charge in [-0.15, -0.1) is 0 Å². The molecule has 0 aliphatic rings.